The highest BCUT2D eigenvalue weighted by Gasteiger charge is 2.16. The number of benzene rings is 2. The first-order valence-corrected chi connectivity index (χ1v) is 8.57. The highest BCUT2D eigenvalue weighted by molar-refractivity contribution is 6.42. The maximum absolute atomic E-state index is 9.29. The van der Waals surface area contributed by atoms with Gasteiger partial charge >= 0.3 is 0 Å². The van der Waals surface area contributed by atoms with Gasteiger partial charge in [0.05, 0.1) is 28.9 Å². The van der Waals surface area contributed by atoms with E-state index in [2.05, 4.69) is 17.0 Å². The number of allylic oxidation sites excluding steroid dienone is 1. The summed E-state index contributed by atoms with van der Waals surface area (Å²) in [5.41, 5.74) is 4.07. The van der Waals surface area contributed by atoms with Crippen LogP contribution in [0, 0.1) is 0 Å². The van der Waals surface area contributed by atoms with Crippen molar-refractivity contribution in [1.29, 1.82) is 0 Å². The summed E-state index contributed by atoms with van der Waals surface area (Å²) < 4.78 is 0. The van der Waals surface area contributed by atoms with Gasteiger partial charge in [-0.2, -0.15) is 0 Å². The summed E-state index contributed by atoms with van der Waals surface area (Å²) in [6.07, 6.45) is 3.99. The molecule has 2 aromatic carbocycles. The first-order chi connectivity index (χ1) is 11.7. The van der Waals surface area contributed by atoms with Gasteiger partial charge in [0.25, 0.3) is 0 Å². The lowest BCUT2D eigenvalue weighted by molar-refractivity contribution is 0.302. The van der Waals surface area contributed by atoms with Crippen molar-refractivity contribution in [3.05, 3.63) is 69.7 Å². The minimum absolute atomic E-state index is 0. The Labute approximate surface area is 164 Å². The number of aliphatic imine (C=N–C) groups is 1. The SMILES string of the molecule is Cl.OCCN1CCN=C(C=Cc2ccc(Cl)c(Cl)c2)c2ccccc21. The third-order valence-electron chi connectivity index (χ3n) is 3.92. The molecule has 0 spiro atoms. The van der Waals surface area contributed by atoms with Gasteiger partial charge < -0.3 is 10.0 Å². The van der Waals surface area contributed by atoms with Gasteiger partial charge in [-0.1, -0.05) is 53.5 Å². The topological polar surface area (TPSA) is 35.8 Å². The fourth-order valence-electron chi connectivity index (χ4n) is 2.75. The van der Waals surface area contributed by atoms with Gasteiger partial charge in [0.15, 0.2) is 0 Å². The van der Waals surface area contributed by atoms with Crippen LogP contribution in [0.15, 0.2) is 53.5 Å². The van der Waals surface area contributed by atoms with E-state index in [9.17, 15) is 5.11 Å². The van der Waals surface area contributed by atoms with E-state index in [-0.39, 0.29) is 19.0 Å². The molecule has 1 aliphatic rings. The maximum atomic E-state index is 9.29. The summed E-state index contributed by atoms with van der Waals surface area (Å²) >= 11 is 12.0. The molecule has 6 heteroatoms. The fraction of sp³-hybridized carbons (Fsp3) is 0.211. The average Bonchev–Trinajstić information content (AvgIpc) is 2.76. The largest absolute Gasteiger partial charge is 0.395 e. The number of hydrogen-bond acceptors (Lipinski definition) is 3. The standard InChI is InChI=1S/C19H18Cl2N2O.ClH/c20-16-7-5-14(13-17(16)21)6-8-18-15-3-1-2-4-19(15)23(11-12-24)10-9-22-18;/h1-8,13,24H,9-12H2;1H. The Kier molecular flexibility index (Phi) is 7.33. The Morgan fingerprint density at radius 1 is 1.08 bits per heavy atom. The predicted octanol–water partition coefficient (Wildman–Crippen LogP) is 4.73. The molecule has 0 bridgehead atoms. The molecule has 1 N–H and O–H groups in total. The number of β-amino-alcohol motifs (C(OH)–C–C–N with tert-alkyl or cyclic N) is 1. The third-order valence-corrected chi connectivity index (χ3v) is 4.66. The number of rotatable bonds is 4. The molecule has 2 aromatic rings. The monoisotopic (exact) mass is 396 g/mol. The quantitative estimate of drug-likeness (QED) is 0.809. The summed E-state index contributed by atoms with van der Waals surface area (Å²) in [4.78, 5) is 6.87. The molecule has 0 aromatic heterocycles. The highest BCUT2D eigenvalue weighted by atomic mass is 35.5. The second-order valence-corrected chi connectivity index (χ2v) is 6.32. The lowest BCUT2D eigenvalue weighted by Crippen LogP contribution is -2.29. The number of benzodiazepines with no additional fused rings is 1. The molecule has 3 rings (SSSR count). The van der Waals surface area contributed by atoms with Crippen LogP contribution >= 0.6 is 35.6 Å². The van der Waals surface area contributed by atoms with Crippen LogP contribution in [0.1, 0.15) is 11.1 Å². The Morgan fingerprint density at radius 3 is 2.64 bits per heavy atom. The molecule has 0 aliphatic carbocycles. The molecule has 0 radical (unpaired) electrons. The lowest BCUT2D eigenvalue weighted by Gasteiger charge is -2.23. The van der Waals surface area contributed by atoms with Crippen LogP contribution in [0.25, 0.3) is 6.08 Å². The number of hydrogen-bond donors (Lipinski definition) is 1. The molecular weight excluding hydrogens is 379 g/mol. The number of fused-ring (bicyclic) bond motifs is 1. The zero-order chi connectivity index (χ0) is 16.9. The zero-order valence-corrected chi connectivity index (χ0v) is 15.9. The smallest absolute Gasteiger partial charge is 0.0668 e. The van der Waals surface area contributed by atoms with E-state index in [0.717, 1.165) is 29.1 Å². The van der Waals surface area contributed by atoms with Gasteiger partial charge in [-0.05, 0) is 29.8 Å². The normalized spacial score (nSPS) is 13.9. The van der Waals surface area contributed by atoms with Crippen molar-refractivity contribution >= 4 is 53.1 Å². The van der Waals surface area contributed by atoms with Crippen molar-refractivity contribution in [2.24, 2.45) is 4.99 Å². The number of aliphatic hydroxyl groups is 1. The Hall–Kier alpha value is -1.52. The second kappa shape index (κ2) is 9.25. The van der Waals surface area contributed by atoms with Crippen molar-refractivity contribution in [2.45, 2.75) is 0 Å². The molecule has 1 aliphatic heterocycles. The van der Waals surface area contributed by atoms with Crippen molar-refractivity contribution in [3.8, 4) is 0 Å². The predicted molar refractivity (Wildman–Crippen MR) is 110 cm³/mol. The Bertz CT molecular complexity index is 790. The fourth-order valence-corrected chi connectivity index (χ4v) is 3.06. The highest BCUT2D eigenvalue weighted by Crippen LogP contribution is 2.25. The molecule has 132 valence electrons. The van der Waals surface area contributed by atoms with Crippen molar-refractivity contribution < 1.29 is 5.11 Å². The van der Waals surface area contributed by atoms with E-state index >= 15 is 0 Å². The molecule has 25 heavy (non-hydrogen) atoms. The van der Waals surface area contributed by atoms with Crippen LogP contribution in [-0.2, 0) is 0 Å². The molecule has 0 fully saturated rings. The van der Waals surface area contributed by atoms with Crippen molar-refractivity contribution in [2.75, 3.05) is 31.1 Å². The molecule has 1 heterocycles. The van der Waals surface area contributed by atoms with Gasteiger partial charge in [-0.3, -0.25) is 4.99 Å². The zero-order valence-electron chi connectivity index (χ0n) is 13.5. The van der Waals surface area contributed by atoms with Crippen LogP contribution in [0.4, 0.5) is 5.69 Å². The van der Waals surface area contributed by atoms with Gasteiger partial charge in [0.2, 0.25) is 0 Å². The number of aliphatic hydroxyl groups excluding tert-OH is 1. The number of para-hydroxylation sites is 1. The van der Waals surface area contributed by atoms with Gasteiger partial charge in [-0.25, -0.2) is 0 Å². The molecule has 0 amide bonds. The first-order valence-electron chi connectivity index (χ1n) is 7.82. The van der Waals surface area contributed by atoms with E-state index in [1.54, 1.807) is 6.07 Å². The molecule has 0 saturated carbocycles. The van der Waals surface area contributed by atoms with Gasteiger partial charge in [0.1, 0.15) is 0 Å². The lowest BCUT2D eigenvalue weighted by atomic mass is 10.1. The van der Waals surface area contributed by atoms with Crippen LogP contribution in [0.3, 0.4) is 0 Å². The Balaban J connectivity index is 0.00000225. The summed E-state index contributed by atoms with van der Waals surface area (Å²) in [7, 11) is 0. The summed E-state index contributed by atoms with van der Waals surface area (Å²) in [6.45, 7) is 2.22. The van der Waals surface area contributed by atoms with E-state index in [1.165, 1.54) is 0 Å². The van der Waals surface area contributed by atoms with E-state index < -0.39 is 0 Å². The van der Waals surface area contributed by atoms with Crippen LogP contribution < -0.4 is 4.90 Å². The van der Waals surface area contributed by atoms with E-state index in [0.29, 0.717) is 23.1 Å². The van der Waals surface area contributed by atoms with Crippen LogP contribution in [0.2, 0.25) is 10.0 Å². The molecule has 3 nitrogen and oxygen atoms in total. The minimum atomic E-state index is 0. The van der Waals surface area contributed by atoms with Gasteiger partial charge in [0, 0.05) is 24.3 Å². The van der Waals surface area contributed by atoms with E-state index in [1.807, 2.05) is 36.4 Å². The molecular formula is C19H19Cl3N2O. The minimum Gasteiger partial charge on any atom is -0.395 e. The number of anilines is 1. The van der Waals surface area contributed by atoms with Crippen molar-refractivity contribution in [3.63, 3.8) is 0 Å². The van der Waals surface area contributed by atoms with Gasteiger partial charge in [-0.15, -0.1) is 12.4 Å². The number of halogens is 3. The van der Waals surface area contributed by atoms with Crippen LogP contribution in [0.5, 0.6) is 0 Å². The molecule has 0 saturated heterocycles. The van der Waals surface area contributed by atoms with Crippen molar-refractivity contribution in [1.82, 2.24) is 0 Å². The van der Waals surface area contributed by atoms with Crippen LogP contribution in [-0.4, -0.2) is 37.1 Å². The second-order valence-electron chi connectivity index (χ2n) is 5.50. The maximum Gasteiger partial charge on any atom is 0.0668 e. The summed E-state index contributed by atoms with van der Waals surface area (Å²) in [5, 5.41) is 10.4. The Morgan fingerprint density at radius 2 is 1.88 bits per heavy atom. The average molecular weight is 398 g/mol. The number of nitrogens with zero attached hydrogens (tertiary/aromatic N) is 2. The summed E-state index contributed by atoms with van der Waals surface area (Å²) in [6, 6.07) is 13.7. The summed E-state index contributed by atoms with van der Waals surface area (Å²) in [5.74, 6) is 0. The molecule has 0 unspecified atom stereocenters. The van der Waals surface area contributed by atoms with E-state index in [4.69, 9.17) is 28.2 Å². The third kappa shape index (κ3) is 4.77. The molecule has 0 atom stereocenters. The first kappa shape index (κ1) is 19.8.